The average molecular weight is 373 g/mol. The van der Waals surface area contributed by atoms with Crippen molar-refractivity contribution < 1.29 is 9.53 Å². The van der Waals surface area contributed by atoms with E-state index in [4.69, 9.17) is 4.74 Å². The normalized spacial score (nSPS) is 21.4. The minimum absolute atomic E-state index is 0.130. The van der Waals surface area contributed by atoms with Crippen LogP contribution >= 0.6 is 0 Å². The number of hydrogen-bond acceptors (Lipinski definition) is 3. The van der Waals surface area contributed by atoms with Crippen LogP contribution in [0.2, 0.25) is 0 Å². The molecule has 0 bridgehead atoms. The van der Waals surface area contributed by atoms with Gasteiger partial charge in [-0.15, -0.1) is 0 Å². The molecule has 0 spiro atoms. The molecule has 0 aliphatic carbocycles. The summed E-state index contributed by atoms with van der Waals surface area (Å²) < 4.78 is 5.81. The second kappa shape index (κ2) is 9.09. The maximum Gasteiger partial charge on any atom is 0.260 e. The number of hydrogen-bond donors (Lipinski definition) is 0. The van der Waals surface area contributed by atoms with Gasteiger partial charge in [0.1, 0.15) is 5.75 Å². The summed E-state index contributed by atoms with van der Waals surface area (Å²) in [7, 11) is 0. The van der Waals surface area contributed by atoms with Crippen LogP contribution < -0.4 is 4.74 Å². The van der Waals surface area contributed by atoms with Crippen LogP contribution in [0.3, 0.4) is 0 Å². The molecule has 1 aromatic rings. The minimum Gasteiger partial charge on any atom is -0.484 e. The number of ether oxygens (including phenoxy) is 1. The van der Waals surface area contributed by atoms with Crippen LogP contribution in [0.1, 0.15) is 64.9 Å². The van der Waals surface area contributed by atoms with E-state index < -0.39 is 0 Å². The Labute approximate surface area is 164 Å². The number of benzene rings is 1. The van der Waals surface area contributed by atoms with E-state index in [9.17, 15) is 4.79 Å². The first-order chi connectivity index (χ1) is 12.9. The molecule has 2 aliphatic heterocycles. The van der Waals surface area contributed by atoms with Gasteiger partial charge in [0.25, 0.3) is 5.91 Å². The molecular weight excluding hydrogens is 336 g/mol. The fraction of sp³-hybridized carbons (Fsp3) is 0.696. The van der Waals surface area contributed by atoms with Crippen LogP contribution in [0.25, 0.3) is 0 Å². The summed E-state index contributed by atoms with van der Waals surface area (Å²) >= 11 is 0. The van der Waals surface area contributed by atoms with Gasteiger partial charge < -0.3 is 14.5 Å². The first-order valence-electron chi connectivity index (χ1n) is 10.7. The number of piperidine rings is 1. The fourth-order valence-corrected chi connectivity index (χ4v) is 4.25. The third kappa shape index (κ3) is 5.71. The second-order valence-electron chi connectivity index (χ2n) is 9.14. The molecule has 1 atom stereocenters. The lowest BCUT2D eigenvalue weighted by Crippen LogP contribution is -2.47. The van der Waals surface area contributed by atoms with Crippen LogP contribution in [0, 0.1) is 0 Å². The first kappa shape index (κ1) is 20.2. The van der Waals surface area contributed by atoms with Crippen LogP contribution in [-0.4, -0.2) is 54.5 Å². The number of amides is 1. The van der Waals surface area contributed by atoms with Crippen molar-refractivity contribution in [2.24, 2.45) is 0 Å². The van der Waals surface area contributed by atoms with Crippen molar-refractivity contribution >= 4 is 5.91 Å². The van der Waals surface area contributed by atoms with E-state index in [1.807, 2.05) is 12.1 Å². The Morgan fingerprint density at radius 1 is 1.04 bits per heavy atom. The summed E-state index contributed by atoms with van der Waals surface area (Å²) in [5.41, 5.74) is 1.41. The molecule has 150 valence electrons. The fourth-order valence-electron chi connectivity index (χ4n) is 4.25. The molecular formula is C23H36N2O2. The van der Waals surface area contributed by atoms with Crippen LogP contribution in [0.15, 0.2) is 24.3 Å². The van der Waals surface area contributed by atoms with E-state index in [-0.39, 0.29) is 17.9 Å². The summed E-state index contributed by atoms with van der Waals surface area (Å²) in [5.74, 6) is 0.919. The van der Waals surface area contributed by atoms with Crippen molar-refractivity contribution in [2.45, 2.75) is 70.8 Å². The van der Waals surface area contributed by atoms with Gasteiger partial charge in [0, 0.05) is 19.1 Å². The highest BCUT2D eigenvalue weighted by atomic mass is 16.5. The maximum atomic E-state index is 12.8. The predicted molar refractivity (Wildman–Crippen MR) is 110 cm³/mol. The number of nitrogens with zero attached hydrogens (tertiary/aromatic N) is 2. The Hall–Kier alpha value is -1.55. The van der Waals surface area contributed by atoms with Crippen molar-refractivity contribution in [1.82, 2.24) is 9.80 Å². The van der Waals surface area contributed by atoms with E-state index in [1.54, 1.807) is 0 Å². The van der Waals surface area contributed by atoms with E-state index in [0.717, 1.165) is 38.1 Å². The molecule has 1 aromatic carbocycles. The van der Waals surface area contributed by atoms with Crippen LogP contribution in [0.4, 0.5) is 0 Å². The molecule has 2 heterocycles. The van der Waals surface area contributed by atoms with E-state index >= 15 is 0 Å². The number of carbonyl (C=O) groups excluding carboxylic acids is 1. The van der Waals surface area contributed by atoms with Crippen molar-refractivity contribution in [3.05, 3.63) is 29.8 Å². The van der Waals surface area contributed by atoms with Gasteiger partial charge >= 0.3 is 0 Å². The zero-order valence-electron chi connectivity index (χ0n) is 17.4. The van der Waals surface area contributed by atoms with E-state index in [1.165, 1.54) is 37.9 Å². The lowest BCUT2D eigenvalue weighted by Gasteiger charge is -2.36. The molecule has 3 rings (SSSR count). The van der Waals surface area contributed by atoms with Crippen LogP contribution in [-0.2, 0) is 10.2 Å². The summed E-state index contributed by atoms with van der Waals surface area (Å²) in [6.07, 6.45) is 7.26. The van der Waals surface area contributed by atoms with Gasteiger partial charge in [0.2, 0.25) is 0 Å². The monoisotopic (exact) mass is 372 g/mol. The topological polar surface area (TPSA) is 32.8 Å². The summed E-state index contributed by atoms with van der Waals surface area (Å²) in [6.45, 7) is 11.2. The van der Waals surface area contributed by atoms with Gasteiger partial charge in [-0.25, -0.2) is 0 Å². The highest BCUT2D eigenvalue weighted by Crippen LogP contribution is 2.25. The van der Waals surface area contributed by atoms with Gasteiger partial charge in [0.05, 0.1) is 0 Å². The third-order valence-corrected chi connectivity index (χ3v) is 6.01. The van der Waals surface area contributed by atoms with Crippen LogP contribution in [0.5, 0.6) is 5.75 Å². The quantitative estimate of drug-likeness (QED) is 0.749. The zero-order valence-corrected chi connectivity index (χ0v) is 17.4. The largest absolute Gasteiger partial charge is 0.484 e. The van der Waals surface area contributed by atoms with Gasteiger partial charge in [-0.3, -0.25) is 4.79 Å². The molecule has 0 saturated carbocycles. The molecule has 0 radical (unpaired) electrons. The smallest absolute Gasteiger partial charge is 0.260 e. The molecule has 4 nitrogen and oxygen atoms in total. The van der Waals surface area contributed by atoms with E-state index in [0.29, 0.717) is 6.04 Å². The third-order valence-electron chi connectivity index (χ3n) is 6.01. The zero-order chi connectivity index (χ0) is 19.3. The lowest BCUT2D eigenvalue weighted by molar-refractivity contribution is -0.137. The Morgan fingerprint density at radius 2 is 1.70 bits per heavy atom. The number of likely N-dealkylation sites (tertiary alicyclic amines) is 2. The van der Waals surface area contributed by atoms with E-state index in [2.05, 4.69) is 42.7 Å². The summed E-state index contributed by atoms with van der Waals surface area (Å²) in [5, 5.41) is 0. The number of rotatable bonds is 6. The molecule has 4 heteroatoms. The van der Waals surface area contributed by atoms with Gasteiger partial charge in [-0.2, -0.15) is 0 Å². The second-order valence-corrected chi connectivity index (χ2v) is 9.14. The Morgan fingerprint density at radius 3 is 2.37 bits per heavy atom. The summed E-state index contributed by atoms with van der Waals surface area (Å²) in [4.78, 5) is 17.4. The van der Waals surface area contributed by atoms with Crippen molar-refractivity contribution in [2.75, 3.05) is 32.8 Å². The molecule has 2 fully saturated rings. The Balaban J connectivity index is 1.50. The molecule has 0 N–H and O–H groups in total. The molecule has 2 aliphatic rings. The standard InChI is InChI=1S/C23H36N2O2/c1-23(2,3)19-9-11-21(12-10-19)27-18-22(26)25-16-5-4-8-20(25)13-17-24-14-6-7-15-24/h9-12,20H,4-8,13-18H2,1-3H3. The molecule has 0 aromatic heterocycles. The first-order valence-corrected chi connectivity index (χ1v) is 10.7. The maximum absolute atomic E-state index is 12.8. The SMILES string of the molecule is CC(C)(C)c1ccc(OCC(=O)N2CCCCC2CCN2CCCC2)cc1. The Kier molecular flexibility index (Phi) is 6.80. The highest BCUT2D eigenvalue weighted by molar-refractivity contribution is 5.78. The van der Waals surface area contributed by atoms with Crippen molar-refractivity contribution in [3.63, 3.8) is 0 Å². The summed E-state index contributed by atoms with van der Waals surface area (Å²) in [6, 6.07) is 8.54. The van der Waals surface area contributed by atoms with Crippen molar-refractivity contribution in [1.29, 1.82) is 0 Å². The predicted octanol–water partition coefficient (Wildman–Crippen LogP) is 4.23. The Bertz CT molecular complexity index is 600. The lowest BCUT2D eigenvalue weighted by atomic mass is 9.87. The molecule has 1 amide bonds. The number of carbonyl (C=O) groups is 1. The van der Waals surface area contributed by atoms with Gasteiger partial charge in [-0.05, 0) is 74.7 Å². The van der Waals surface area contributed by atoms with Gasteiger partial charge in [-0.1, -0.05) is 32.9 Å². The minimum atomic E-state index is 0.130. The highest BCUT2D eigenvalue weighted by Gasteiger charge is 2.27. The molecule has 1 unspecified atom stereocenters. The molecule has 27 heavy (non-hydrogen) atoms. The van der Waals surface area contributed by atoms with Crippen molar-refractivity contribution in [3.8, 4) is 5.75 Å². The van der Waals surface area contributed by atoms with Gasteiger partial charge in [0.15, 0.2) is 6.61 Å². The average Bonchev–Trinajstić information content (AvgIpc) is 3.18. The molecule has 2 saturated heterocycles.